The molecule has 20 heavy (non-hydrogen) atoms. The number of halogens is 2. The summed E-state index contributed by atoms with van der Waals surface area (Å²) in [6.07, 6.45) is 0. The Kier molecular flexibility index (Phi) is 6.12. The molecule has 2 rings (SSSR count). The lowest BCUT2D eigenvalue weighted by molar-refractivity contribution is 0.0949. The van der Waals surface area contributed by atoms with Crippen LogP contribution in [0.5, 0.6) is 0 Å². The summed E-state index contributed by atoms with van der Waals surface area (Å²) in [6.45, 7) is 2.62. The van der Waals surface area contributed by atoms with Gasteiger partial charge in [-0.3, -0.25) is 4.79 Å². The Balaban J connectivity index is 0.00000200. The normalized spacial score (nSPS) is 9.95. The maximum Gasteiger partial charge on any atom is 0.273 e. The van der Waals surface area contributed by atoms with Gasteiger partial charge in [0.1, 0.15) is 0 Å². The van der Waals surface area contributed by atoms with E-state index in [-0.39, 0.29) is 18.3 Å². The van der Waals surface area contributed by atoms with E-state index in [0.29, 0.717) is 24.5 Å². The van der Waals surface area contributed by atoms with Gasteiger partial charge in [-0.05, 0) is 25.1 Å². The summed E-state index contributed by atoms with van der Waals surface area (Å²) in [5.74, 6) is -0.260. The number of nitrogens with two attached hydrogens (primary N) is 1. The highest BCUT2D eigenvalue weighted by atomic mass is 79.9. The van der Waals surface area contributed by atoms with Gasteiger partial charge in [0.2, 0.25) is 0 Å². The van der Waals surface area contributed by atoms with E-state index in [0.717, 1.165) is 10.2 Å². The van der Waals surface area contributed by atoms with Crippen molar-refractivity contribution in [3.63, 3.8) is 0 Å². The lowest BCUT2D eigenvalue weighted by Crippen LogP contribution is -2.29. The Bertz CT molecular complexity index is 601. The van der Waals surface area contributed by atoms with Crippen LogP contribution in [0.1, 0.15) is 16.2 Å². The summed E-state index contributed by atoms with van der Waals surface area (Å²) in [4.78, 5) is 11.8. The van der Waals surface area contributed by atoms with E-state index in [9.17, 15) is 4.79 Å². The van der Waals surface area contributed by atoms with Crippen molar-refractivity contribution in [3.05, 3.63) is 40.1 Å². The van der Waals surface area contributed by atoms with Crippen LogP contribution < -0.4 is 11.1 Å². The van der Waals surface area contributed by atoms with Crippen LogP contribution in [-0.4, -0.2) is 34.0 Å². The van der Waals surface area contributed by atoms with Gasteiger partial charge in [-0.2, -0.15) is 0 Å². The van der Waals surface area contributed by atoms with E-state index in [4.69, 9.17) is 5.73 Å². The van der Waals surface area contributed by atoms with Gasteiger partial charge in [-0.25, -0.2) is 4.68 Å². The first kappa shape index (κ1) is 16.6. The molecule has 0 spiro atoms. The number of benzene rings is 1. The Hall–Kier alpha value is -1.44. The third-order valence-corrected chi connectivity index (χ3v) is 3.09. The van der Waals surface area contributed by atoms with Crippen molar-refractivity contribution >= 4 is 34.2 Å². The standard InChI is InChI=1S/C12H14BrN5O.ClH/c1-8-11(12(19)15-6-5-14)16-17-18(8)10-4-2-3-9(13)7-10;/h2-4,7H,5-6,14H2,1H3,(H,15,19);1H. The maximum absolute atomic E-state index is 11.8. The molecule has 0 atom stereocenters. The van der Waals surface area contributed by atoms with Gasteiger partial charge >= 0.3 is 0 Å². The number of aromatic nitrogens is 3. The zero-order valence-electron chi connectivity index (χ0n) is 10.8. The first-order valence-corrected chi connectivity index (χ1v) is 6.59. The van der Waals surface area contributed by atoms with Gasteiger partial charge in [-0.1, -0.05) is 27.2 Å². The summed E-state index contributed by atoms with van der Waals surface area (Å²) in [5.41, 5.74) is 7.19. The van der Waals surface area contributed by atoms with Crippen molar-refractivity contribution in [2.24, 2.45) is 5.73 Å². The fourth-order valence-electron chi connectivity index (χ4n) is 1.66. The van der Waals surface area contributed by atoms with Crippen LogP contribution in [0, 0.1) is 6.92 Å². The number of carbonyl (C=O) groups excluding carboxylic acids is 1. The molecule has 0 aliphatic heterocycles. The molecule has 0 radical (unpaired) electrons. The molecule has 108 valence electrons. The zero-order chi connectivity index (χ0) is 13.8. The van der Waals surface area contributed by atoms with E-state index in [1.54, 1.807) is 11.6 Å². The molecule has 0 fully saturated rings. The minimum absolute atomic E-state index is 0. The molecule has 1 aromatic heterocycles. The molecule has 1 heterocycles. The van der Waals surface area contributed by atoms with Crippen molar-refractivity contribution in [2.45, 2.75) is 6.92 Å². The second-order valence-electron chi connectivity index (χ2n) is 3.96. The number of hydrogen-bond donors (Lipinski definition) is 2. The van der Waals surface area contributed by atoms with Gasteiger partial charge in [0.15, 0.2) is 5.69 Å². The molecule has 3 N–H and O–H groups in total. The van der Waals surface area contributed by atoms with Gasteiger partial charge in [-0.15, -0.1) is 17.5 Å². The quantitative estimate of drug-likeness (QED) is 0.864. The smallest absolute Gasteiger partial charge is 0.273 e. The van der Waals surface area contributed by atoms with Crippen molar-refractivity contribution in [3.8, 4) is 5.69 Å². The lowest BCUT2D eigenvalue weighted by Gasteiger charge is -2.04. The summed E-state index contributed by atoms with van der Waals surface area (Å²) in [7, 11) is 0. The maximum atomic E-state index is 11.8. The number of carbonyl (C=O) groups is 1. The molecular formula is C12H15BrClN5O. The van der Waals surface area contributed by atoms with Crippen molar-refractivity contribution < 1.29 is 4.79 Å². The Labute approximate surface area is 131 Å². The van der Waals surface area contributed by atoms with Crippen LogP contribution in [0.3, 0.4) is 0 Å². The molecule has 0 aliphatic carbocycles. The molecule has 0 saturated heterocycles. The van der Waals surface area contributed by atoms with E-state index in [1.165, 1.54) is 0 Å². The van der Waals surface area contributed by atoms with Crippen molar-refractivity contribution in [2.75, 3.05) is 13.1 Å². The first-order chi connectivity index (χ1) is 9.13. The molecule has 2 aromatic rings. The number of nitrogens with zero attached hydrogens (tertiary/aromatic N) is 3. The van der Waals surface area contributed by atoms with Crippen LogP contribution in [-0.2, 0) is 0 Å². The SMILES string of the molecule is Cc1c(C(=O)NCCN)nnn1-c1cccc(Br)c1.Cl. The van der Waals surface area contributed by atoms with Crippen LogP contribution >= 0.6 is 28.3 Å². The molecule has 6 nitrogen and oxygen atoms in total. The van der Waals surface area contributed by atoms with Gasteiger partial charge in [0.25, 0.3) is 5.91 Å². The highest BCUT2D eigenvalue weighted by molar-refractivity contribution is 9.10. The van der Waals surface area contributed by atoms with E-state index >= 15 is 0 Å². The average molecular weight is 361 g/mol. The molecule has 1 aromatic carbocycles. The minimum atomic E-state index is -0.260. The number of hydrogen-bond acceptors (Lipinski definition) is 4. The highest BCUT2D eigenvalue weighted by Gasteiger charge is 2.16. The third kappa shape index (κ3) is 3.56. The van der Waals surface area contributed by atoms with Crippen LogP contribution in [0.4, 0.5) is 0 Å². The van der Waals surface area contributed by atoms with Crippen LogP contribution in [0.25, 0.3) is 5.69 Å². The Morgan fingerprint density at radius 2 is 2.25 bits per heavy atom. The van der Waals surface area contributed by atoms with Gasteiger partial charge in [0, 0.05) is 17.6 Å². The molecule has 0 saturated carbocycles. The average Bonchev–Trinajstić information content (AvgIpc) is 2.78. The fraction of sp³-hybridized carbons (Fsp3) is 0.250. The molecule has 8 heteroatoms. The molecule has 0 aliphatic rings. The molecule has 1 amide bonds. The monoisotopic (exact) mass is 359 g/mol. The van der Waals surface area contributed by atoms with Gasteiger partial charge in [0.05, 0.1) is 11.4 Å². The first-order valence-electron chi connectivity index (χ1n) is 5.80. The van der Waals surface area contributed by atoms with Gasteiger partial charge < -0.3 is 11.1 Å². The lowest BCUT2D eigenvalue weighted by atomic mass is 10.3. The van der Waals surface area contributed by atoms with Crippen LogP contribution in [0.15, 0.2) is 28.7 Å². The summed E-state index contributed by atoms with van der Waals surface area (Å²) in [5, 5.41) is 10.6. The fourth-order valence-corrected chi connectivity index (χ4v) is 2.05. The van der Waals surface area contributed by atoms with Crippen LogP contribution in [0.2, 0.25) is 0 Å². The third-order valence-electron chi connectivity index (χ3n) is 2.59. The van der Waals surface area contributed by atoms with Crippen molar-refractivity contribution in [1.82, 2.24) is 20.3 Å². The number of rotatable bonds is 4. The van der Waals surface area contributed by atoms with Crippen molar-refractivity contribution in [1.29, 1.82) is 0 Å². The highest BCUT2D eigenvalue weighted by Crippen LogP contribution is 2.17. The van der Waals surface area contributed by atoms with E-state index < -0.39 is 0 Å². The predicted molar refractivity (Wildman–Crippen MR) is 82.4 cm³/mol. The second kappa shape index (κ2) is 7.37. The summed E-state index contributed by atoms with van der Waals surface area (Å²) < 4.78 is 2.57. The second-order valence-corrected chi connectivity index (χ2v) is 4.88. The molecular weight excluding hydrogens is 346 g/mol. The number of nitrogens with one attached hydrogen (secondary N) is 1. The summed E-state index contributed by atoms with van der Waals surface area (Å²) in [6, 6.07) is 7.62. The topological polar surface area (TPSA) is 85.8 Å². The van der Waals surface area contributed by atoms with E-state index in [2.05, 4.69) is 31.6 Å². The largest absolute Gasteiger partial charge is 0.349 e. The molecule has 0 unspecified atom stereocenters. The minimum Gasteiger partial charge on any atom is -0.349 e. The molecule has 0 bridgehead atoms. The predicted octanol–water partition coefficient (Wildman–Crippen LogP) is 1.45. The summed E-state index contributed by atoms with van der Waals surface area (Å²) >= 11 is 3.40. The number of amides is 1. The zero-order valence-corrected chi connectivity index (χ0v) is 13.2. The Morgan fingerprint density at radius 1 is 1.50 bits per heavy atom. The Morgan fingerprint density at radius 3 is 2.90 bits per heavy atom. The van der Waals surface area contributed by atoms with E-state index in [1.807, 2.05) is 24.3 Å².